The Hall–Kier alpha value is -2.53. The number of urea groups is 1. The zero-order chi connectivity index (χ0) is 19.5. The summed E-state index contributed by atoms with van der Waals surface area (Å²) in [6.07, 6.45) is 2.30. The summed E-state index contributed by atoms with van der Waals surface area (Å²) in [7, 11) is 0. The van der Waals surface area contributed by atoms with Gasteiger partial charge in [-0.1, -0.05) is 43.3 Å². The Morgan fingerprint density at radius 2 is 1.96 bits per heavy atom. The van der Waals surface area contributed by atoms with Crippen molar-refractivity contribution in [1.29, 1.82) is 0 Å². The molecule has 2 amide bonds. The van der Waals surface area contributed by atoms with Crippen molar-refractivity contribution >= 4 is 6.03 Å². The highest BCUT2D eigenvalue weighted by Crippen LogP contribution is 2.19. The first kappa shape index (κ1) is 20.8. The van der Waals surface area contributed by atoms with Crippen molar-refractivity contribution in [3.8, 4) is 5.75 Å². The summed E-state index contributed by atoms with van der Waals surface area (Å²) >= 11 is 0. The molecule has 5 heteroatoms. The van der Waals surface area contributed by atoms with Gasteiger partial charge in [-0.25, -0.2) is 4.79 Å². The molecule has 2 aromatic carbocycles. The predicted molar refractivity (Wildman–Crippen MR) is 108 cm³/mol. The van der Waals surface area contributed by atoms with Crippen LogP contribution in [0.3, 0.4) is 0 Å². The van der Waals surface area contributed by atoms with Gasteiger partial charge in [-0.2, -0.15) is 0 Å². The van der Waals surface area contributed by atoms with E-state index in [1.54, 1.807) is 0 Å². The Balaban J connectivity index is 1.91. The summed E-state index contributed by atoms with van der Waals surface area (Å²) in [5.41, 5.74) is 3.18. The molecule has 0 aliphatic heterocycles. The van der Waals surface area contributed by atoms with Crippen molar-refractivity contribution in [3.63, 3.8) is 0 Å². The molecule has 0 radical (unpaired) electrons. The fraction of sp³-hybridized carbons (Fsp3) is 0.409. The summed E-state index contributed by atoms with van der Waals surface area (Å²) in [4.78, 5) is 12.4. The van der Waals surface area contributed by atoms with Crippen LogP contribution in [0.15, 0.2) is 48.5 Å². The Labute approximate surface area is 161 Å². The lowest BCUT2D eigenvalue weighted by Crippen LogP contribution is -2.37. The second kappa shape index (κ2) is 11.2. The summed E-state index contributed by atoms with van der Waals surface area (Å²) in [6.45, 7) is 5.36. The van der Waals surface area contributed by atoms with Crippen LogP contribution in [0.1, 0.15) is 48.9 Å². The van der Waals surface area contributed by atoms with E-state index in [1.807, 2.05) is 55.5 Å². The number of amides is 2. The molecule has 0 heterocycles. The van der Waals surface area contributed by atoms with E-state index in [2.05, 4.69) is 17.6 Å². The van der Waals surface area contributed by atoms with E-state index in [1.165, 1.54) is 0 Å². The van der Waals surface area contributed by atoms with Gasteiger partial charge in [-0.3, -0.25) is 0 Å². The largest absolute Gasteiger partial charge is 0.494 e. The lowest BCUT2D eigenvalue weighted by Gasteiger charge is -2.19. The van der Waals surface area contributed by atoms with Crippen molar-refractivity contribution in [2.24, 2.45) is 0 Å². The Kier molecular flexibility index (Phi) is 8.65. The van der Waals surface area contributed by atoms with Gasteiger partial charge < -0.3 is 20.5 Å². The van der Waals surface area contributed by atoms with Crippen molar-refractivity contribution < 1.29 is 14.6 Å². The number of aryl methyl sites for hydroxylation is 1. The van der Waals surface area contributed by atoms with E-state index in [-0.39, 0.29) is 18.7 Å². The van der Waals surface area contributed by atoms with Gasteiger partial charge >= 0.3 is 6.03 Å². The third kappa shape index (κ3) is 6.94. The smallest absolute Gasteiger partial charge is 0.315 e. The van der Waals surface area contributed by atoms with E-state index in [0.29, 0.717) is 26.0 Å². The number of carbonyl (C=O) groups excluding carboxylic acids is 1. The lowest BCUT2D eigenvalue weighted by atomic mass is 10.0. The first-order valence-corrected chi connectivity index (χ1v) is 9.56. The molecule has 1 unspecified atom stereocenters. The average molecular weight is 370 g/mol. The Morgan fingerprint density at radius 1 is 1.19 bits per heavy atom. The molecule has 0 bridgehead atoms. The van der Waals surface area contributed by atoms with E-state index < -0.39 is 0 Å². The first-order valence-electron chi connectivity index (χ1n) is 9.56. The fourth-order valence-electron chi connectivity index (χ4n) is 2.86. The number of aliphatic hydroxyl groups is 1. The van der Waals surface area contributed by atoms with Gasteiger partial charge in [0.15, 0.2) is 0 Å². The highest BCUT2D eigenvalue weighted by molar-refractivity contribution is 5.74. The van der Waals surface area contributed by atoms with Gasteiger partial charge in [0.2, 0.25) is 0 Å². The normalized spacial score (nSPS) is 11.7. The van der Waals surface area contributed by atoms with Crippen LogP contribution in [0.4, 0.5) is 4.79 Å². The van der Waals surface area contributed by atoms with Crippen molar-refractivity contribution in [3.05, 3.63) is 65.2 Å². The van der Waals surface area contributed by atoms with Crippen LogP contribution < -0.4 is 15.4 Å². The third-order valence-electron chi connectivity index (χ3n) is 4.38. The number of benzene rings is 2. The molecule has 2 aromatic rings. The maximum absolute atomic E-state index is 12.4. The van der Waals surface area contributed by atoms with E-state index >= 15 is 0 Å². The van der Waals surface area contributed by atoms with Gasteiger partial charge in [-0.15, -0.1) is 0 Å². The molecule has 5 nitrogen and oxygen atoms in total. The maximum atomic E-state index is 12.4. The van der Waals surface area contributed by atoms with Crippen LogP contribution in [-0.2, 0) is 6.54 Å². The molecule has 0 saturated heterocycles. The molecule has 0 aliphatic carbocycles. The average Bonchev–Trinajstić information content (AvgIpc) is 2.69. The van der Waals surface area contributed by atoms with Crippen LogP contribution in [0.2, 0.25) is 0 Å². The third-order valence-corrected chi connectivity index (χ3v) is 4.38. The number of hydrogen-bond acceptors (Lipinski definition) is 3. The molecule has 1 atom stereocenters. The fourth-order valence-corrected chi connectivity index (χ4v) is 2.86. The van der Waals surface area contributed by atoms with Crippen LogP contribution in [0, 0.1) is 6.92 Å². The highest BCUT2D eigenvalue weighted by atomic mass is 16.5. The van der Waals surface area contributed by atoms with Gasteiger partial charge in [0.1, 0.15) is 5.75 Å². The number of ether oxygens (including phenoxy) is 1. The van der Waals surface area contributed by atoms with Crippen molar-refractivity contribution in [1.82, 2.24) is 10.6 Å². The van der Waals surface area contributed by atoms with Crippen LogP contribution in [0.5, 0.6) is 5.75 Å². The first-order chi connectivity index (χ1) is 13.1. The topological polar surface area (TPSA) is 70.6 Å². The van der Waals surface area contributed by atoms with Crippen LogP contribution >= 0.6 is 0 Å². The van der Waals surface area contributed by atoms with Gasteiger partial charge in [0.25, 0.3) is 0 Å². The molecule has 27 heavy (non-hydrogen) atoms. The molecular formula is C22H30N2O3. The molecule has 2 rings (SSSR count). The van der Waals surface area contributed by atoms with Crippen molar-refractivity contribution in [2.75, 3.05) is 13.2 Å². The maximum Gasteiger partial charge on any atom is 0.315 e. The zero-order valence-electron chi connectivity index (χ0n) is 16.2. The monoisotopic (exact) mass is 370 g/mol. The van der Waals surface area contributed by atoms with Gasteiger partial charge in [-0.05, 0) is 55.0 Å². The zero-order valence-corrected chi connectivity index (χ0v) is 16.2. The molecule has 0 aliphatic rings. The van der Waals surface area contributed by atoms with Crippen LogP contribution in [-0.4, -0.2) is 24.4 Å². The summed E-state index contributed by atoms with van der Waals surface area (Å²) in [5.74, 6) is 0.857. The van der Waals surface area contributed by atoms with Crippen molar-refractivity contribution in [2.45, 2.75) is 45.7 Å². The van der Waals surface area contributed by atoms with Gasteiger partial charge in [0, 0.05) is 13.2 Å². The van der Waals surface area contributed by atoms with Gasteiger partial charge in [0.05, 0.1) is 12.6 Å². The second-order valence-electron chi connectivity index (χ2n) is 6.59. The molecule has 3 N–H and O–H groups in total. The van der Waals surface area contributed by atoms with E-state index in [4.69, 9.17) is 9.84 Å². The molecule has 0 aromatic heterocycles. The number of aliphatic hydroxyl groups excluding tert-OH is 1. The minimum Gasteiger partial charge on any atom is -0.494 e. The Morgan fingerprint density at radius 3 is 2.63 bits per heavy atom. The highest BCUT2D eigenvalue weighted by Gasteiger charge is 2.14. The molecule has 0 fully saturated rings. The SMILES string of the molecule is CCCOc1ccc(CNC(=O)NC(CCCO)c2ccccc2)c(C)c1. The quantitative estimate of drug-likeness (QED) is 0.590. The summed E-state index contributed by atoms with van der Waals surface area (Å²) in [5, 5.41) is 15.1. The number of rotatable bonds is 10. The number of hydrogen-bond donors (Lipinski definition) is 3. The standard InChI is InChI=1S/C22H30N2O3/c1-3-14-27-20-12-11-19(17(2)15-20)16-23-22(26)24-21(10-7-13-25)18-8-5-4-6-9-18/h4-6,8-9,11-12,15,21,25H,3,7,10,13-14,16H2,1-2H3,(H2,23,24,26). The molecule has 0 spiro atoms. The number of nitrogens with one attached hydrogen (secondary N) is 2. The predicted octanol–water partition coefficient (Wildman–Crippen LogP) is 4.10. The molecule has 0 saturated carbocycles. The van der Waals surface area contributed by atoms with Crippen LogP contribution in [0.25, 0.3) is 0 Å². The Bertz CT molecular complexity index is 704. The van der Waals surface area contributed by atoms with E-state index in [9.17, 15) is 4.79 Å². The summed E-state index contributed by atoms with van der Waals surface area (Å²) < 4.78 is 5.64. The molecule has 146 valence electrons. The minimum absolute atomic E-state index is 0.109. The lowest BCUT2D eigenvalue weighted by molar-refractivity contribution is 0.232. The minimum atomic E-state index is -0.215. The second-order valence-corrected chi connectivity index (χ2v) is 6.59. The summed E-state index contributed by atoms with van der Waals surface area (Å²) in [6, 6.07) is 15.4. The molecular weight excluding hydrogens is 340 g/mol. The number of carbonyl (C=O) groups is 1. The van der Waals surface area contributed by atoms with E-state index in [0.717, 1.165) is 28.9 Å².